The molecule has 0 aliphatic carbocycles. The zero-order chi connectivity index (χ0) is 33.8. The molecule has 23 heteroatoms. The summed E-state index contributed by atoms with van der Waals surface area (Å²) in [6.07, 6.45) is -7.42. The first-order chi connectivity index (χ1) is 18.3. The Morgan fingerprint density at radius 2 is 1.00 bits per heavy atom. The molecule has 0 heterocycles. The molecule has 0 aliphatic rings. The first kappa shape index (κ1) is 38.0. The maximum Gasteiger partial charge on any atom is 0.460 e. The largest absolute Gasteiger partial charge is 0.460 e. The van der Waals surface area contributed by atoms with Gasteiger partial charge in [0.15, 0.2) is 5.78 Å². The van der Waals surface area contributed by atoms with E-state index in [1.54, 1.807) is 0 Å². The lowest BCUT2D eigenvalue weighted by Gasteiger charge is -2.43. The number of ketones is 1. The van der Waals surface area contributed by atoms with Gasteiger partial charge >= 0.3 is 57.1 Å². The number of carbonyl (C=O) groups excluding carboxylic acids is 1. The van der Waals surface area contributed by atoms with E-state index in [4.69, 9.17) is 0 Å². The fourth-order valence-electron chi connectivity index (χ4n) is 2.72. The molecule has 1 rings (SSSR count). The van der Waals surface area contributed by atoms with Crippen LogP contribution in [0.4, 0.5) is 74.6 Å². The van der Waals surface area contributed by atoms with Crippen molar-refractivity contribution in [2.75, 3.05) is 17.8 Å². The number of hydrogen-bond donors (Lipinski definition) is 0. The smallest absolute Gasteiger partial charge is 0.293 e. The van der Waals surface area contributed by atoms with Gasteiger partial charge in [-0.05, 0) is 12.0 Å². The monoisotopic (exact) mass is 694 g/mol. The van der Waals surface area contributed by atoms with Crippen LogP contribution < -0.4 is 0 Å². The van der Waals surface area contributed by atoms with Crippen LogP contribution in [0.15, 0.2) is 30.3 Å². The van der Waals surface area contributed by atoms with Crippen LogP contribution in [0.1, 0.15) is 17.3 Å². The van der Waals surface area contributed by atoms with Gasteiger partial charge in [0.1, 0.15) is 0 Å². The number of hydrogen-bond acceptors (Lipinski definition) is 4. The van der Waals surface area contributed by atoms with E-state index in [0.717, 1.165) is 19.1 Å². The summed E-state index contributed by atoms with van der Waals surface area (Å²) in [6, 6.07) is 5.94. The Balaban J connectivity index is 3.64. The van der Waals surface area contributed by atoms with Crippen molar-refractivity contribution in [3.63, 3.8) is 0 Å². The lowest BCUT2D eigenvalue weighted by atomic mass is 9.91. The summed E-state index contributed by atoms with van der Waals surface area (Å²) >= 11 is 0. The summed E-state index contributed by atoms with van der Waals surface area (Å²) in [6.45, 7) is 0.867. The zero-order valence-electron chi connectivity index (χ0n) is 20.2. The Labute approximate surface area is 225 Å². The van der Waals surface area contributed by atoms with Crippen molar-refractivity contribution >= 4 is 26.2 Å². The molecule has 1 unspecified atom stereocenters. The van der Waals surface area contributed by atoms with E-state index in [9.17, 15) is 87.8 Å². The number of benzene rings is 1. The lowest BCUT2D eigenvalue weighted by Crippen LogP contribution is -2.75. The van der Waals surface area contributed by atoms with E-state index >= 15 is 0 Å². The van der Waals surface area contributed by atoms with Crippen LogP contribution in [0.5, 0.6) is 0 Å². The number of Topliss-reactive ketones (excluding diaryl/α,β-unsaturated/α-hetero) is 1. The SMILES string of the molecule is CCS(C)(CC(=O)c1ccccc1)OS(=O)(=O)C(F)(F)C(F)(F)C(F)(F)C(F)(F)C(F)(F)C(F)(F)C(F)(F)C(F)(F)F. The molecule has 0 radical (unpaired) electrons. The molecule has 0 N–H and O–H groups in total. The van der Waals surface area contributed by atoms with Crippen LogP contribution in [0.25, 0.3) is 0 Å². The molecule has 1 aromatic rings. The molecule has 0 amide bonds. The third kappa shape index (κ3) is 5.63. The fourth-order valence-corrected chi connectivity index (χ4v) is 6.74. The molecule has 1 aromatic carbocycles. The van der Waals surface area contributed by atoms with Crippen LogP contribution >= 0.6 is 10.3 Å². The first-order valence-electron chi connectivity index (χ1n) is 10.2. The summed E-state index contributed by atoms with van der Waals surface area (Å²) in [5.74, 6) is -55.4. The molecule has 0 fully saturated rings. The summed E-state index contributed by atoms with van der Waals surface area (Å²) in [5, 5.41) is -7.80. The maximum atomic E-state index is 14.3. The second-order valence-corrected chi connectivity index (χ2v) is 13.6. The lowest BCUT2D eigenvalue weighted by molar-refractivity contribution is -0.458. The Kier molecular flexibility index (Phi) is 9.81. The van der Waals surface area contributed by atoms with Gasteiger partial charge in [-0.1, -0.05) is 37.3 Å². The van der Waals surface area contributed by atoms with Crippen LogP contribution in [-0.2, 0) is 13.7 Å². The minimum atomic E-state index is -8.94. The predicted octanol–water partition coefficient (Wildman–Crippen LogP) is 7.55. The average Bonchev–Trinajstić information content (AvgIpc) is 2.82. The van der Waals surface area contributed by atoms with Crippen LogP contribution in [-0.4, -0.2) is 78.9 Å². The van der Waals surface area contributed by atoms with E-state index in [1.807, 2.05) is 0 Å². The molecular formula is C19H15F17O4S2. The van der Waals surface area contributed by atoms with Crippen LogP contribution in [0, 0.1) is 0 Å². The van der Waals surface area contributed by atoms with Crippen LogP contribution in [0.2, 0.25) is 0 Å². The van der Waals surface area contributed by atoms with E-state index < -0.39 is 84.7 Å². The van der Waals surface area contributed by atoms with Gasteiger partial charge in [0.2, 0.25) is 0 Å². The van der Waals surface area contributed by atoms with Crippen molar-refractivity contribution in [3.8, 4) is 0 Å². The average molecular weight is 694 g/mol. The molecule has 4 nitrogen and oxygen atoms in total. The Hall–Kier alpha value is -2.04. The normalized spacial score (nSPS) is 17.5. The highest BCUT2D eigenvalue weighted by Crippen LogP contribution is 2.65. The van der Waals surface area contributed by atoms with Gasteiger partial charge in [-0.3, -0.25) is 4.79 Å². The predicted molar refractivity (Wildman–Crippen MR) is 110 cm³/mol. The van der Waals surface area contributed by atoms with Gasteiger partial charge in [0, 0.05) is 5.56 Å². The van der Waals surface area contributed by atoms with Crippen molar-refractivity contribution in [1.29, 1.82) is 0 Å². The van der Waals surface area contributed by atoms with E-state index in [-0.39, 0.29) is 5.56 Å². The number of alkyl halides is 17. The van der Waals surface area contributed by atoms with E-state index in [0.29, 0.717) is 6.26 Å². The highest BCUT2D eigenvalue weighted by Gasteiger charge is 2.96. The zero-order valence-corrected chi connectivity index (χ0v) is 21.8. The van der Waals surface area contributed by atoms with Crippen molar-refractivity contribution < 1.29 is 91.5 Å². The van der Waals surface area contributed by atoms with E-state index in [2.05, 4.69) is 3.63 Å². The van der Waals surface area contributed by atoms with Gasteiger partial charge in [0.05, 0.1) is 5.75 Å². The molecule has 0 bridgehead atoms. The van der Waals surface area contributed by atoms with Crippen molar-refractivity contribution in [2.45, 2.75) is 53.9 Å². The molecule has 0 spiro atoms. The van der Waals surface area contributed by atoms with Gasteiger partial charge in [-0.15, -0.1) is 10.3 Å². The molecule has 0 saturated heterocycles. The van der Waals surface area contributed by atoms with Gasteiger partial charge in [-0.25, -0.2) is 3.63 Å². The van der Waals surface area contributed by atoms with E-state index in [1.165, 1.54) is 18.2 Å². The van der Waals surface area contributed by atoms with Crippen molar-refractivity contribution in [1.82, 2.24) is 0 Å². The minimum Gasteiger partial charge on any atom is -0.293 e. The topological polar surface area (TPSA) is 60.4 Å². The highest BCUT2D eigenvalue weighted by molar-refractivity contribution is 8.33. The van der Waals surface area contributed by atoms with Crippen molar-refractivity contribution in [2.24, 2.45) is 0 Å². The number of halogens is 17. The third-order valence-corrected chi connectivity index (χ3v) is 10.4. The van der Waals surface area contributed by atoms with Gasteiger partial charge < -0.3 is 0 Å². The summed E-state index contributed by atoms with van der Waals surface area (Å²) < 4.78 is 256. The fraction of sp³-hybridized carbons (Fsp3) is 0.632. The molecule has 1 atom stereocenters. The third-order valence-electron chi connectivity index (χ3n) is 5.40. The quantitative estimate of drug-likeness (QED) is 0.158. The summed E-state index contributed by atoms with van der Waals surface area (Å²) in [5.41, 5.74) is -0.271. The molecule has 0 saturated carbocycles. The Morgan fingerprint density at radius 1 is 0.643 bits per heavy atom. The van der Waals surface area contributed by atoms with Crippen molar-refractivity contribution in [3.05, 3.63) is 35.9 Å². The summed E-state index contributed by atoms with van der Waals surface area (Å²) in [7, 11) is -11.7. The standard InChI is InChI=1S/C19H15F17O4S2/c1-3-41(2,9-11(37)10-7-5-4-6-8-10)40-42(38,39)19(35,36)17(30,31)15(26,27)13(22,23)12(20,21)14(24,25)16(28,29)18(32,33)34/h4-8H,3,9H2,1-2H3. The molecule has 246 valence electrons. The Morgan fingerprint density at radius 3 is 1.36 bits per heavy atom. The molecular weight excluding hydrogens is 679 g/mol. The Bertz CT molecular complexity index is 1250. The second kappa shape index (κ2) is 10.8. The number of rotatable bonds is 13. The first-order valence-corrected chi connectivity index (χ1v) is 14.0. The second-order valence-electron chi connectivity index (χ2n) is 8.39. The molecule has 42 heavy (non-hydrogen) atoms. The van der Waals surface area contributed by atoms with Gasteiger partial charge in [-0.2, -0.15) is 83.1 Å². The molecule has 0 aromatic heterocycles. The highest BCUT2D eigenvalue weighted by atomic mass is 32.3. The number of carbonyl (C=O) groups is 1. The van der Waals surface area contributed by atoms with Crippen LogP contribution in [0.3, 0.4) is 0 Å². The maximum absolute atomic E-state index is 14.3. The molecule has 0 aliphatic heterocycles. The summed E-state index contributed by atoms with van der Waals surface area (Å²) in [4.78, 5) is 12.3. The van der Waals surface area contributed by atoms with Gasteiger partial charge in [0.25, 0.3) is 0 Å². The minimum absolute atomic E-state index is 0.271.